The summed E-state index contributed by atoms with van der Waals surface area (Å²) in [5.41, 5.74) is 5.43. The minimum Gasteiger partial charge on any atom is -0.345 e. The van der Waals surface area contributed by atoms with Crippen LogP contribution in [0.4, 0.5) is 11.4 Å². The summed E-state index contributed by atoms with van der Waals surface area (Å²) in [5.74, 6) is 0.969. The monoisotopic (exact) mass is 362 g/mol. The van der Waals surface area contributed by atoms with Gasteiger partial charge in [0.05, 0.1) is 0 Å². The lowest BCUT2D eigenvalue weighted by atomic mass is 9.98. The second kappa shape index (κ2) is 7.35. The Morgan fingerprint density at radius 1 is 1.04 bits per heavy atom. The molecule has 1 heterocycles. The Morgan fingerprint density at radius 2 is 1.75 bits per heavy atom. The number of halogens is 2. The van der Waals surface area contributed by atoms with Gasteiger partial charge in [-0.15, -0.1) is 12.4 Å². The summed E-state index contributed by atoms with van der Waals surface area (Å²) in [6, 6.07) is 15.0. The molecule has 2 aromatic carbocycles. The number of nitrogens with zero attached hydrogens (tertiary/aromatic N) is 2. The third-order valence-corrected chi connectivity index (χ3v) is 5.35. The lowest BCUT2D eigenvalue weighted by Gasteiger charge is -2.30. The van der Waals surface area contributed by atoms with Crippen LogP contribution in [0.1, 0.15) is 24.0 Å². The Kier molecular flexibility index (Phi) is 5.39. The van der Waals surface area contributed by atoms with E-state index in [0.29, 0.717) is 0 Å². The Balaban J connectivity index is 0.00000169. The SMILES string of the molecule is CN(c1ccc(Cl)cc1)c1ccc2c(c1)CN(CC1CC1)CC2.Cl. The van der Waals surface area contributed by atoms with Gasteiger partial charge in [-0.1, -0.05) is 17.7 Å². The molecule has 24 heavy (non-hydrogen) atoms. The summed E-state index contributed by atoms with van der Waals surface area (Å²) in [4.78, 5) is 4.86. The van der Waals surface area contributed by atoms with Crippen molar-refractivity contribution in [3.05, 3.63) is 58.6 Å². The van der Waals surface area contributed by atoms with Gasteiger partial charge in [0.2, 0.25) is 0 Å². The summed E-state index contributed by atoms with van der Waals surface area (Å²) >= 11 is 6.00. The van der Waals surface area contributed by atoms with Crippen LogP contribution in [0.25, 0.3) is 0 Å². The summed E-state index contributed by atoms with van der Waals surface area (Å²) in [6.45, 7) is 3.61. The van der Waals surface area contributed by atoms with Gasteiger partial charge in [0, 0.05) is 43.1 Å². The van der Waals surface area contributed by atoms with Crippen molar-refractivity contribution in [3.8, 4) is 0 Å². The van der Waals surface area contributed by atoms with Gasteiger partial charge in [-0.2, -0.15) is 0 Å². The fourth-order valence-corrected chi connectivity index (χ4v) is 3.57. The first kappa shape index (κ1) is 17.6. The summed E-state index contributed by atoms with van der Waals surface area (Å²) in [5, 5.41) is 0.781. The van der Waals surface area contributed by atoms with Gasteiger partial charge in [0.25, 0.3) is 0 Å². The number of fused-ring (bicyclic) bond motifs is 1. The van der Waals surface area contributed by atoms with Gasteiger partial charge < -0.3 is 4.90 Å². The van der Waals surface area contributed by atoms with Crippen molar-refractivity contribution in [2.75, 3.05) is 25.0 Å². The Morgan fingerprint density at radius 3 is 2.46 bits per heavy atom. The molecule has 128 valence electrons. The molecule has 0 N–H and O–H groups in total. The standard InChI is InChI=1S/C20H23ClN2.ClH/c1-22(19-8-5-18(21)6-9-19)20-7-4-16-10-11-23(13-15-2-3-15)14-17(16)12-20;/h4-9,12,15H,2-3,10-11,13-14H2,1H3;1H. The highest BCUT2D eigenvalue weighted by molar-refractivity contribution is 6.30. The van der Waals surface area contributed by atoms with Crippen molar-refractivity contribution in [1.82, 2.24) is 4.90 Å². The van der Waals surface area contributed by atoms with E-state index in [4.69, 9.17) is 11.6 Å². The quantitative estimate of drug-likeness (QED) is 0.728. The van der Waals surface area contributed by atoms with E-state index < -0.39 is 0 Å². The van der Waals surface area contributed by atoms with E-state index >= 15 is 0 Å². The van der Waals surface area contributed by atoms with E-state index in [1.165, 1.54) is 54.9 Å². The third kappa shape index (κ3) is 3.88. The third-order valence-electron chi connectivity index (χ3n) is 5.10. The highest BCUT2D eigenvalue weighted by atomic mass is 35.5. The summed E-state index contributed by atoms with van der Waals surface area (Å²) in [7, 11) is 2.12. The molecule has 0 unspecified atom stereocenters. The van der Waals surface area contributed by atoms with Gasteiger partial charge in [-0.25, -0.2) is 0 Å². The highest BCUT2D eigenvalue weighted by Gasteiger charge is 2.26. The van der Waals surface area contributed by atoms with E-state index in [1.54, 1.807) is 0 Å². The Labute approximate surface area is 155 Å². The van der Waals surface area contributed by atoms with Crippen LogP contribution in [0.5, 0.6) is 0 Å². The molecular formula is C20H24Cl2N2. The van der Waals surface area contributed by atoms with Crippen LogP contribution in [0.15, 0.2) is 42.5 Å². The van der Waals surface area contributed by atoms with Crippen molar-refractivity contribution in [2.45, 2.75) is 25.8 Å². The molecule has 2 aliphatic rings. The Hall–Kier alpha value is -1.22. The summed E-state index contributed by atoms with van der Waals surface area (Å²) < 4.78 is 0. The minimum absolute atomic E-state index is 0. The molecule has 0 spiro atoms. The smallest absolute Gasteiger partial charge is 0.0411 e. The zero-order valence-corrected chi connectivity index (χ0v) is 15.6. The van der Waals surface area contributed by atoms with E-state index in [0.717, 1.165) is 17.5 Å². The average Bonchev–Trinajstić information content (AvgIpc) is 3.38. The van der Waals surface area contributed by atoms with Crippen LogP contribution >= 0.6 is 24.0 Å². The maximum atomic E-state index is 6.00. The van der Waals surface area contributed by atoms with Crippen molar-refractivity contribution in [2.24, 2.45) is 5.92 Å². The molecule has 2 aromatic rings. The van der Waals surface area contributed by atoms with E-state index in [9.17, 15) is 0 Å². The number of hydrogen-bond donors (Lipinski definition) is 0. The molecule has 0 radical (unpaired) electrons. The van der Waals surface area contributed by atoms with Crippen LogP contribution < -0.4 is 4.90 Å². The first-order valence-corrected chi connectivity index (χ1v) is 8.90. The first-order valence-electron chi connectivity index (χ1n) is 8.52. The zero-order valence-electron chi connectivity index (χ0n) is 14.0. The normalized spacial score (nSPS) is 17.1. The minimum atomic E-state index is 0. The van der Waals surface area contributed by atoms with Crippen molar-refractivity contribution in [1.29, 1.82) is 0 Å². The second-order valence-corrected chi connectivity index (χ2v) is 7.35. The van der Waals surface area contributed by atoms with Crippen molar-refractivity contribution >= 4 is 35.4 Å². The molecule has 1 aliphatic heterocycles. The predicted molar refractivity (Wildman–Crippen MR) is 105 cm³/mol. The molecule has 0 amide bonds. The number of anilines is 2. The fraction of sp³-hybridized carbons (Fsp3) is 0.400. The molecule has 0 saturated heterocycles. The number of hydrogen-bond acceptors (Lipinski definition) is 2. The topological polar surface area (TPSA) is 6.48 Å². The predicted octanol–water partition coefficient (Wildman–Crippen LogP) is 5.30. The van der Waals surface area contributed by atoms with E-state index in [2.05, 4.69) is 47.2 Å². The molecule has 0 aromatic heterocycles. The highest BCUT2D eigenvalue weighted by Crippen LogP contribution is 2.33. The molecule has 4 heteroatoms. The lowest BCUT2D eigenvalue weighted by Crippen LogP contribution is -2.32. The maximum Gasteiger partial charge on any atom is 0.0411 e. The lowest BCUT2D eigenvalue weighted by molar-refractivity contribution is 0.244. The fourth-order valence-electron chi connectivity index (χ4n) is 3.45. The van der Waals surface area contributed by atoms with Crippen LogP contribution in [0, 0.1) is 5.92 Å². The average molecular weight is 363 g/mol. The molecule has 2 nitrogen and oxygen atoms in total. The maximum absolute atomic E-state index is 6.00. The zero-order chi connectivity index (χ0) is 15.8. The van der Waals surface area contributed by atoms with Gasteiger partial charge in [-0.3, -0.25) is 4.90 Å². The van der Waals surface area contributed by atoms with Crippen LogP contribution in [-0.2, 0) is 13.0 Å². The molecular weight excluding hydrogens is 339 g/mol. The van der Waals surface area contributed by atoms with Gasteiger partial charge in [-0.05, 0) is 72.7 Å². The second-order valence-electron chi connectivity index (χ2n) is 6.92. The molecule has 0 atom stereocenters. The van der Waals surface area contributed by atoms with Gasteiger partial charge in [0.1, 0.15) is 0 Å². The molecule has 1 fully saturated rings. The van der Waals surface area contributed by atoms with Crippen molar-refractivity contribution in [3.63, 3.8) is 0 Å². The van der Waals surface area contributed by atoms with Crippen molar-refractivity contribution < 1.29 is 0 Å². The number of benzene rings is 2. The summed E-state index contributed by atoms with van der Waals surface area (Å²) in [6.07, 6.45) is 4.05. The molecule has 0 bridgehead atoms. The molecule has 1 saturated carbocycles. The van der Waals surface area contributed by atoms with E-state index in [1.807, 2.05) is 12.1 Å². The number of rotatable bonds is 4. The van der Waals surface area contributed by atoms with Crippen LogP contribution in [-0.4, -0.2) is 25.0 Å². The molecule has 4 rings (SSSR count). The first-order chi connectivity index (χ1) is 11.2. The van der Waals surface area contributed by atoms with Crippen LogP contribution in [0.3, 0.4) is 0 Å². The van der Waals surface area contributed by atoms with Gasteiger partial charge in [0.15, 0.2) is 0 Å². The van der Waals surface area contributed by atoms with Gasteiger partial charge >= 0.3 is 0 Å². The largest absolute Gasteiger partial charge is 0.345 e. The van der Waals surface area contributed by atoms with Crippen LogP contribution in [0.2, 0.25) is 5.02 Å². The Bertz CT molecular complexity index is 695. The molecule has 1 aliphatic carbocycles. The van der Waals surface area contributed by atoms with E-state index in [-0.39, 0.29) is 12.4 Å².